The molecule has 0 aliphatic carbocycles. The number of rotatable bonds is 5. The zero-order valence-electron chi connectivity index (χ0n) is 19.9. The Morgan fingerprint density at radius 2 is 1.68 bits per heavy atom. The fourth-order valence-electron chi connectivity index (χ4n) is 5.64. The summed E-state index contributed by atoms with van der Waals surface area (Å²) in [5, 5.41) is 11.2. The number of likely N-dealkylation sites (tertiary alicyclic amines) is 1. The van der Waals surface area contributed by atoms with E-state index in [1.807, 2.05) is 24.8 Å². The van der Waals surface area contributed by atoms with Crippen molar-refractivity contribution in [3.05, 3.63) is 45.7 Å². The molecule has 0 saturated carbocycles. The van der Waals surface area contributed by atoms with Crippen molar-refractivity contribution in [2.45, 2.75) is 58.4 Å². The highest BCUT2D eigenvalue weighted by Gasteiger charge is 2.40. The number of cyclic esters (lactones) is 2. The van der Waals surface area contributed by atoms with Gasteiger partial charge in [0.25, 0.3) is 0 Å². The van der Waals surface area contributed by atoms with Crippen molar-refractivity contribution in [2.75, 3.05) is 32.8 Å². The van der Waals surface area contributed by atoms with E-state index >= 15 is 0 Å². The van der Waals surface area contributed by atoms with Crippen LogP contribution in [0.3, 0.4) is 0 Å². The van der Waals surface area contributed by atoms with Crippen LogP contribution in [0.1, 0.15) is 59.8 Å². The van der Waals surface area contributed by atoms with Gasteiger partial charge < -0.3 is 19.5 Å². The van der Waals surface area contributed by atoms with Gasteiger partial charge in [-0.25, -0.2) is 14.4 Å². The molecule has 0 bridgehead atoms. The number of aliphatic hydroxyl groups is 1. The molecule has 182 valence electrons. The summed E-state index contributed by atoms with van der Waals surface area (Å²) in [7, 11) is 0. The van der Waals surface area contributed by atoms with E-state index in [2.05, 4.69) is 4.90 Å². The van der Waals surface area contributed by atoms with Crippen LogP contribution in [0.4, 0.5) is 4.79 Å². The number of aliphatic hydroxyl groups excluding tert-OH is 1. The Hall–Kier alpha value is -2.91. The number of ether oxygens (including phenoxy) is 2. The van der Waals surface area contributed by atoms with Crippen molar-refractivity contribution in [1.29, 1.82) is 0 Å². The van der Waals surface area contributed by atoms with Crippen LogP contribution >= 0.6 is 0 Å². The van der Waals surface area contributed by atoms with Gasteiger partial charge in [0.05, 0.1) is 22.9 Å². The number of piperidine rings is 1. The van der Waals surface area contributed by atoms with Gasteiger partial charge in [0.15, 0.2) is 0 Å². The van der Waals surface area contributed by atoms with Gasteiger partial charge >= 0.3 is 18.0 Å². The van der Waals surface area contributed by atoms with Crippen molar-refractivity contribution < 1.29 is 29.0 Å². The number of hydrogen-bond donors (Lipinski definition) is 1. The molecule has 1 N–H and O–H groups in total. The summed E-state index contributed by atoms with van der Waals surface area (Å²) in [6.07, 6.45) is 0.974. The molecule has 0 aromatic heterocycles. The number of carbonyl (C=O) groups is 3. The first-order valence-electron chi connectivity index (χ1n) is 11.9. The average molecular weight is 470 g/mol. The van der Waals surface area contributed by atoms with Crippen LogP contribution in [0.15, 0.2) is 23.4 Å². The van der Waals surface area contributed by atoms with Crippen LogP contribution in [-0.2, 0) is 20.9 Å². The van der Waals surface area contributed by atoms with E-state index in [0.717, 1.165) is 42.6 Å². The highest BCUT2D eigenvalue weighted by atomic mass is 16.5. The lowest BCUT2D eigenvalue weighted by molar-refractivity contribution is -0.136. The summed E-state index contributed by atoms with van der Waals surface area (Å²) < 4.78 is 10.2. The smallest absolute Gasteiger partial charge is 0.338 e. The van der Waals surface area contributed by atoms with Crippen molar-refractivity contribution in [3.8, 4) is 0 Å². The molecule has 0 radical (unpaired) electrons. The van der Waals surface area contributed by atoms with Crippen LogP contribution in [0.5, 0.6) is 0 Å². The third kappa shape index (κ3) is 3.67. The molecule has 5 rings (SSSR count). The van der Waals surface area contributed by atoms with E-state index in [9.17, 15) is 19.5 Å². The van der Waals surface area contributed by atoms with Crippen LogP contribution in [0.25, 0.3) is 0 Å². The molecular weight excluding hydrogens is 438 g/mol. The number of fused-ring (bicyclic) bond motifs is 1. The largest absolute Gasteiger partial charge is 0.457 e. The molecule has 4 aliphatic rings. The monoisotopic (exact) mass is 469 g/mol. The summed E-state index contributed by atoms with van der Waals surface area (Å²) in [6.45, 7) is 8.86. The Morgan fingerprint density at radius 1 is 0.971 bits per heavy atom. The lowest BCUT2D eigenvalue weighted by Gasteiger charge is -2.40. The summed E-state index contributed by atoms with van der Waals surface area (Å²) >= 11 is 0. The van der Waals surface area contributed by atoms with Gasteiger partial charge in [0.2, 0.25) is 0 Å². The normalized spacial score (nSPS) is 23.5. The van der Waals surface area contributed by atoms with Crippen molar-refractivity contribution in [1.82, 2.24) is 14.7 Å². The second-order valence-electron chi connectivity index (χ2n) is 9.61. The molecule has 4 heterocycles. The number of esters is 2. The Labute approximate surface area is 198 Å². The van der Waals surface area contributed by atoms with Crippen LogP contribution in [0.2, 0.25) is 0 Å². The molecule has 34 heavy (non-hydrogen) atoms. The van der Waals surface area contributed by atoms with Gasteiger partial charge in [-0.3, -0.25) is 9.80 Å². The number of carbonyl (C=O) groups excluding carboxylic acids is 3. The number of benzene rings is 1. The first-order valence-corrected chi connectivity index (χ1v) is 11.9. The minimum Gasteiger partial charge on any atom is -0.457 e. The molecule has 2 saturated heterocycles. The highest BCUT2D eigenvalue weighted by Crippen LogP contribution is 2.33. The molecule has 1 aromatic rings. The fraction of sp³-hybridized carbons (Fsp3) is 0.560. The van der Waals surface area contributed by atoms with Crippen molar-refractivity contribution in [3.63, 3.8) is 0 Å². The number of hydrogen-bond acceptors (Lipinski definition) is 7. The number of nitrogens with zero attached hydrogens (tertiary/aromatic N) is 3. The quantitative estimate of drug-likeness (QED) is 0.660. The third-order valence-electron chi connectivity index (χ3n) is 7.95. The van der Waals surface area contributed by atoms with Crippen molar-refractivity contribution >= 4 is 18.0 Å². The molecule has 1 aromatic carbocycles. The molecule has 2 atom stereocenters. The highest BCUT2D eigenvalue weighted by molar-refractivity contribution is 5.94. The van der Waals surface area contributed by atoms with Gasteiger partial charge in [0.1, 0.15) is 13.2 Å². The van der Waals surface area contributed by atoms with E-state index in [-0.39, 0.29) is 43.3 Å². The molecule has 0 unspecified atom stereocenters. The van der Waals surface area contributed by atoms with Gasteiger partial charge in [-0.2, -0.15) is 0 Å². The second-order valence-corrected chi connectivity index (χ2v) is 9.61. The summed E-state index contributed by atoms with van der Waals surface area (Å²) in [5.41, 5.74) is 4.40. The lowest BCUT2D eigenvalue weighted by atomic mass is 9.91. The summed E-state index contributed by atoms with van der Waals surface area (Å²) in [4.78, 5) is 42.5. The lowest BCUT2D eigenvalue weighted by Crippen LogP contribution is -2.49. The molecule has 4 aliphatic heterocycles. The molecule has 2 fully saturated rings. The van der Waals surface area contributed by atoms with Gasteiger partial charge in [-0.1, -0.05) is 6.07 Å². The average Bonchev–Trinajstić information content (AvgIpc) is 3.51. The maximum Gasteiger partial charge on any atom is 0.338 e. The minimum absolute atomic E-state index is 0.0512. The first kappa shape index (κ1) is 22.9. The molecule has 0 spiro atoms. The standard InChI is InChI=1S/C25H31N3O6/c1-14-18(4-5-19-20(14)12-33-24(19)31)22(29)16(3)26-8-6-17(7-9-26)27-10-11-28(25(27)32)21-13-34-23(30)15(21)2/h4-5,16-17,22,29H,6-13H2,1-3H3/t16-,22+/m1/s1. The van der Waals surface area contributed by atoms with Gasteiger partial charge in [-0.15, -0.1) is 0 Å². The summed E-state index contributed by atoms with van der Waals surface area (Å²) in [5.74, 6) is -0.650. The summed E-state index contributed by atoms with van der Waals surface area (Å²) in [6, 6.07) is 3.57. The van der Waals surface area contributed by atoms with E-state index in [0.29, 0.717) is 29.9 Å². The molecule has 9 nitrogen and oxygen atoms in total. The van der Waals surface area contributed by atoms with E-state index in [1.165, 1.54) is 0 Å². The van der Waals surface area contributed by atoms with E-state index in [4.69, 9.17) is 9.47 Å². The van der Waals surface area contributed by atoms with Crippen LogP contribution in [0, 0.1) is 6.92 Å². The Bertz CT molecular complexity index is 1070. The van der Waals surface area contributed by atoms with E-state index in [1.54, 1.807) is 17.9 Å². The SMILES string of the molecule is CC1=C(N2CCN(C3CCN([C@H](C)[C@H](O)c4ccc5c(c4C)COC5=O)CC3)C2=O)COC1=O. The maximum absolute atomic E-state index is 13.1. The zero-order valence-corrected chi connectivity index (χ0v) is 19.9. The molecular formula is C25H31N3O6. The first-order chi connectivity index (χ1) is 16.3. The number of amides is 2. The molecule has 9 heteroatoms. The van der Waals surface area contributed by atoms with Crippen molar-refractivity contribution in [2.24, 2.45) is 0 Å². The zero-order chi connectivity index (χ0) is 24.1. The Balaban J connectivity index is 1.21. The maximum atomic E-state index is 13.1. The Kier molecular flexibility index (Phi) is 5.85. The molecule has 2 amide bonds. The van der Waals surface area contributed by atoms with E-state index < -0.39 is 6.10 Å². The minimum atomic E-state index is -0.684. The second kappa shape index (κ2) is 8.70. The predicted molar refractivity (Wildman–Crippen MR) is 122 cm³/mol. The Morgan fingerprint density at radius 3 is 2.35 bits per heavy atom. The van der Waals surface area contributed by atoms with Crippen LogP contribution < -0.4 is 0 Å². The topological polar surface area (TPSA) is 99.6 Å². The van der Waals surface area contributed by atoms with Crippen LogP contribution in [-0.4, -0.2) is 82.6 Å². The third-order valence-corrected chi connectivity index (χ3v) is 7.95. The van der Waals surface area contributed by atoms with Gasteiger partial charge in [0, 0.05) is 43.8 Å². The van der Waals surface area contributed by atoms with Gasteiger partial charge in [-0.05, 0) is 50.8 Å². The predicted octanol–water partition coefficient (Wildman–Crippen LogP) is 2.12. The fourth-order valence-corrected chi connectivity index (χ4v) is 5.64. The number of urea groups is 1.